The van der Waals surface area contributed by atoms with Crippen molar-refractivity contribution in [1.29, 1.82) is 0 Å². The van der Waals surface area contributed by atoms with Crippen LogP contribution in [0.3, 0.4) is 0 Å². The van der Waals surface area contributed by atoms with Crippen molar-refractivity contribution in [3.05, 3.63) is 64.7 Å². The minimum Gasteiger partial charge on any atom is -0.304 e. The van der Waals surface area contributed by atoms with E-state index >= 15 is 0 Å². The predicted octanol–water partition coefficient (Wildman–Crippen LogP) is 3.48. The number of carbonyl (C=O) groups is 1. The van der Waals surface area contributed by atoms with Gasteiger partial charge in [0.25, 0.3) is 5.91 Å². The molecule has 126 valence electrons. The average Bonchev–Trinajstić information content (AvgIpc) is 2.92. The fraction of sp³-hybridized carbons (Fsp3) is 0.278. The Hall–Kier alpha value is -1.85. The molecule has 1 saturated heterocycles. The largest absolute Gasteiger partial charge is 0.304 e. The normalized spacial score (nSPS) is 19.2. The minimum absolute atomic E-state index is 0.0163. The SMILES string of the molecule is Cc1c(Cl)cccc1N(C(=O)c1ccccc1)[C@@H]1CCS(=O)(=O)C1. The first-order chi connectivity index (χ1) is 11.4. The van der Waals surface area contributed by atoms with E-state index in [1.807, 2.05) is 19.1 Å². The summed E-state index contributed by atoms with van der Waals surface area (Å²) in [6.07, 6.45) is 0.437. The number of amides is 1. The Bertz CT molecular complexity index is 865. The fourth-order valence-corrected chi connectivity index (χ4v) is 4.90. The van der Waals surface area contributed by atoms with E-state index < -0.39 is 9.84 Å². The summed E-state index contributed by atoms with van der Waals surface area (Å²) in [7, 11) is -3.11. The maximum atomic E-state index is 13.1. The Labute approximate surface area is 147 Å². The highest BCUT2D eigenvalue weighted by molar-refractivity contribution is 7.91. The van der Waals surface area contributed by atoms with E-state index in [1.54, 1.807) is 41.3 Å². The van der Waals surface area contributed by atoms with Gasteiger partial charge in [-0.15, -0.1) is 0 Å². The molecule has 1 aliphatic rings. The molecule has 1 fully saturated rings. The van der Waals surface area contributed by atoms with Gasteiger partial charge < -0.3 is 4.90 Å². The zero-order valence-electron chi connectivity index (χ0n) is 13.3. The van der Waals surface area contributed by atoms with Crippen LogP contribution >= 0.6 is 11.6 Å². The van der Waals surface area contributed by atoms with Crippen LogP contribution in [0.25, 0.3) is 0 Å². The molecule has 1 heterocycles. The Morgan fingerprint density at radius 3 is 2.46 bits per heavy atom. The van der Waals surface area contributed by atoms with Crippen molar-refractivity contribution in [3.8, 4) is 0 Å². The molecule has 1 amide bonds. The molecule has 0 unspecified atom stereocenters. The van der Waals surface area contributed by atoms with Crippen LogP contribution in [0.15, 0.2) is 48.5 Å². The van der Waals surface area contributed by atoms with E-state index in [1.165, 1.54) is 0 Å². The molecule has 0 spiro atoms. The van der Waals surface area contributed by atoms with Crippen LogP contribution < -0.4 is 4.90 Å². The topological polar surface area (TPSA) is 54.5 Å². The smallest absolute Gasteiger partial charge is 0.258 e. The van der Waals surface area contributed by atoms with E-state index in [0.717, 1.165) is 5.56 Å². The molecule has 0 aliphatic carbocycles. The van der Waals surface area contributed by atoms with Crippen molar-refractivity contribution in [1.82, 2.24) is 0 Å². The second kappa shape index (κ2) is 6.57. The first kappa shape index (κ1) is 17.0. The molecule has 24 heavy (non-hydrogen) atoms. The first-order valence-corrected chi connectivity index (χ1v) is 9.93. The van der Waals surface area contributed by atoms with Gasteiger partial charge in [0.2, 0.25) is 0 Å². The number of hydrogen-bond donors (Lipinski definition) is 0. The van der Waals surface area contributed by atoms with Crippen LogP contribution in [0.4, 0.5) is 5.69 Å². The zero-order chi connectivity index (χ0) is 17.3. The van der Waals surface area contributed by atoms with E-state index in [2.05, 4.69) is 0 Å². The van der Waals surface area contributed by atoms with Crippen molar-refractivity contribution >= 4 is 33.0 Å². The number of sulfone groups is 1. The number of rotatable bonds is 3. The average molecular weight is 364 g/mol. The summed E-state index contributed by atoms with van der Waals surface area (Å²) in [5, 5.41) is 0.555. The van der Waals surface area contributed by atoms with Gasteiger partial charge in [0.15, 0.2) is 9.84 Å². The summed E-state index contributed by atoms with van der Waals surface area (Å²) in [5.41, 5.74) is 1.97. The Balaban J connectivity index is 2.08. The monoisotopic (exact) mass is 363 g/mol. The highest BCUT2D eigenvalue weighted by atomic mass is 35.5. The van der Waals surface area contributed by atoms with Gasteiger partial charge in [-0.05, 0) is 43.2 Å². The molecule has 0 N–H and O–H groups in total. The van der Waals surface area contributed by atoms with Gasteiger partial charge in [-0.2, -0.15) is 0 Å². The van der Waals surface area contributed by atoms with E-state index in [4.69, 9.17) is 11.6 Å². The quantitative estimate of drug-likeness (QED) is 0.838. The van der Waals surface area contributed by atoms with E-state index in [-0.39, 0.29) is 23.5 Å². The number of benzene rings is 2. The number of carbonyl (C=O) groups excluding carboxylic acids is 1. The van der Waals surface area contributed by atoms with Gasteiger partial charge in [-0.3, -0.25) is 4.79 Å². The van der Waals surface area contributed by atoms with Gasteiger partial charge in [0.05, 0.1) is 17.5 Å². The molecule has 3 rings (SSSR count). The Kier molecular flexibility index (Phi) is 4.65. The molecule has 0 aromatic heterocycles. The van der Waals surface area contributed by atoms with Crippen molar-refractivity contribution in [2.45, 2.75) is 19.4 Å². The molecular weight excluding hydrogens is 346 g/mol. The van der Waals surface area contributed by atoms with Crippen LogP contribution in [-0.4, -0.2) is 31.9 Å². The Morgan fingerprint density at radius 2 is 1.83 bits per heavy atom. The lowest BCUT2D eigenvalue weighted by Gasteiger charge is -2.30. The fourth-order valence-electron chi connectivity index (χ4n) is 3.03. The summed E-state index contributed by atoms with van der Waals surface area (Å²) in [6.45, 7) is 1.84. The molecule has 6 heteroatoms. The third-order valence-electron chi connectivity index (χ3n) is 4.31. The molecule has 2 aromatic rings. The molecule has 4 nitrogen and oxygen atoms in total. The lowest BCUT2D eigenvalue weighted by molar-refractivity contribution is 0.0979. The standard InChI is InChI=1S/C18H18ClNO3S/c1-13-16(19)8-5-9-17(13)20(15-10-11-24(22,23)12-15)18(21)14-6-3-2-4-7-14/h2-9,15H,10-12H2,1H3/t15-/m1/s1. The van der Waals surface area contributed by atoms with Crippen LogP contribution in [0.1, 0.15) is 22.3 Å². The number of anilines is 1. The minimum atomic E-state index is -3.11. The maximum Gasteiger partial charge on any atom is 0.258 e. The molecule has 0 bridgehead atoms. The maximum absolute atomic E-state index is 13.1. The van der Waals surface area contributed by atoms with Gasteiger partial charge in [-0.1, -0.05) is 35.9 Å². The highest BCUT2D eigenvalue weighted by Crippen LogP contribution is 2.32. The predicted molar refractivity (Wildman–Crippen MR) is 96.5 cm³/mol. The van der Waals surface area contributed by atoms with Crippen LogP contribution in [-0.2, 0) is 9.84 Å². The van der Waals surface area contributed by atoms with Crippen LogP contribution in [0.2, 0.25) is 5.02 Å². The third kappa shape index (κ3) is 3.32. The first-order valence-electron chi connectivity index (χ1n) is 7.73. The zero-order valence-corrected chi connectivity index (χ0v) is 14.8. The second-order valence-electron chi connectivity index (χ2n) is 5.98. The molecule has 1 aliphatic heterocycles. The summed E-state index contributed by atoms with van der Waals surface area (Å²) in [4.78, 5) is 14.7. The van der Waals surface area contributed by atoms with Gasteiger partial charge >= 0.3 is 0 Å². The van der Waals surface area contributed by atoms with Crippen molar-refractivity contribution < 1.29 is 13.2 Å². The number of hydrogen-bond acceptors (Lipinski definition) is 3. The molecular formula is C18H18ClNO3S. The highest BCUT2D eigenvalue weighted by Gasteiger charge is 2.36. The summed E-state index contributed by atoms with van der Waals surface area (Å²) in [5.74, 6) is -0.115. The molecule has 2 aromatic carbocycles. The van der Waals surface area contributed by atoms with Crippen molar-refractivity contribution in [2.24, 2.45) is 0 Å². The van der Waals surface area contributed by atoms with Gasteiger partial charge in [-0.25, -0.2) is 8.42 Å². The second-order valence-corrected chi connectivity index (χ2v) is 8.62. The van der Waals surface area contributed by atoms with Gasteiger partial charge in [0, 0.05) is 16.3 Å². The molecule has 1 atom stereocenters. The molecule has 0 radical (unpaired) electrons. The van der Waals surface area contributed by atoms with Crippen LogP contribution in [0.5, 0.6) is 0 Å². The lowest BCUT2D eigenvalue weighted by atomic mass is 10.1. The molecule has 0 saturated carbocycles. The Morgan fingerprint density at radius 1 is 1.12 bits per heavy atom. The van der Waals surface area contributed by atoms with E-state index in [9.17, 15) is 13.2 Å². The number of nitrogens with zero attached hydrogens (tertiary/aromatic N) is 1. The van der Waals surface area contributed by atoms with E-state index in [0.29, 0.717) is 22.7 Å². The summed E-state index contributed by atoms with van der Waals surface area (Å²) < 4.78 is 23.8. The van der Waals surface area contributed by atoms with Crippen molar-refractivity contribution in [2.75, 3.05) is 16.4 Å². The van der Waals surface area contributed by atoms with Gasteiger partial charge in [0.1, 0.15) is 0 Å². The summed E-state index contributed by atoms with van der Waals surface area (Å²) in [6, 6.07) is 13.9. The summed E-state index contributed by atoms with van der Waals surface area (Å²) >= 11 is 6.22. The van der Waals surface area contributed by atoms with Crippen LogP contribution in [0, 0.1) is 6.92 Å². The number of halogens is 1. The third-order valence-corrected chi connectivity index (χ3v) is 6.47. The van der Waals surface area contributed by atoms with Crippen molar-refractivity contribution in [3.63, 3.8) is 0 Å². The lowest BCUT2D eigenvalue weighted by Crippen LogP contribution is -2.41.